The van der Waals surface area contributed by atoms with Crippen LogP contribution in [-0.2, 0) is 11.2 Å². The average molecular weight is 360 g/mol. The molecule has 0 radical (unpaired) electrons. The zero-order chi connectivity index (χ0) is 18.0. The van der Waals surface area contributed by atoms with E-state index in [2.05, 4.69) is 9.97 Å². The zero-order valence-electron chi connectivity index (χ0n) is 13.9. The largest absolute Gasteiger partial charge is 0.481 e. The van der Waals surface area contributed by atoms with Crippen molar-refractivity contribution in [2.45, 2.75) is 32.6 Å². The molecule has 0 fully saturated rings. The Bertz CT molecular complexity index is 881. The van der Waals surface area contributed by atoms with Crippen LogP contribution in [0.3, 0.4) is 0 Å². The van der Waals surface area contributed by atoms with Gasteiger partial charge < -0.3 is 9.52 Å². The number of oxazole rings is 1. The first-order chi connectivity index (χ1) is 12.0. The number of aryl methyl sites for hydroxylation is 1. The van der Waals surface area contributed by atoms with Crippen LogP contribution in [0.1, 0.15) is 37.8 Å². The van der Waals surface area contributed by atoms with Crippen molar-refractivity contribution in [3.05, 3.63) is 53.3 Å². The van der Waals surface area contributed by atoms with Crippen LogP contribution in [0.4, 0.5) is 0 Å². The molecule has 0 bridgehead atoms. The first-order valence-electron chi connectivity index (χ1n) is 7.96. The van der Waals surface area contributed by atoms with Crippen molar-refractivity contribution in [2.75, 3.05) is 0 Å². The lowest BCUT2D eigenvalue weighted by molar-refractivity contribution is -0.137. The smallest absolute Gasteiger partial charge is 0.307 e. The Hall–Kier alpha value is -2.60. The Labute approximate surface area is 150 Å². The third-order valence-corrected chi connectivity index (χ3v) is 4.01. The van der Waals surface area contributed by atoms with E-state index in [1.165, 1.54) is 0 Å². The summed E-state index contributed by atoms with van der Waals surface area (Å²) >= 11 is 5.95. The number of carboxylic acids is 1. The Kier molecular flexibility index (Phi) is 4.90. The molecule has 7 heteroatoms. The van der Waals surface area contributed by atoms with E-state index in [0.29, 0.717) is 22.5 Å². The summed E-state index contributed by atoms with van der Waals surface area (Å²) in [5.41, 5.74) is 1.45. The maximum absolute atomic E-state index is 10.9. The lowest BCUT2D eigenvalue weighted by atomic mass is 10.1. The molecule has 0 spiro atoms. The van der Waals surface area contributed by atoms with Gasteiger partial charge in [-0.1, -0.05) is 37.6 Å². The molecule has 6 nitrogen and oxygen atoms in total. The minimum atomic E-state index is -0.884. The van der Waals surface area contributed by atoms with Crippen LogP contribution in [-0.4, -0.2) is 25.6 Å². The minimum Gasteiger partial charge on any atom is -0.481 e. The molecule has 0 saturated heterocycles. The topological polar surface area (TPSA) is 81.2 Å². The molecule has 2 heterocycles. The van der Waals surface area contributed by atoms with E-state index in [0.717, 1.165) is 11.4 Å². The van der Waals surface area contributed by atoms with Gasteiger partial charge in [0.15, 0.2) is 0 Å². The van der Waals surface area contributed by atoms with Gasteiger partial charge in [0.05, 0.1) is 6.42 Å². The molecule has 0 aliphatic carbocycles. The summed E-state index contributed by atoms with van der Waals surface area (Å²) in [6.45, 7) is 4.07. The summed E-state index contributed by atoms with van der Waals surface area (Å²) in [4.78, 5) is 19.9. The lowest BCUT2D eigenvalue weighted by Gasteiger charge is -2.05. The van der Waals surface area contributed by atoms with Gasteiger partial charge in [-0.25, -0.2) is 4.98 Å². The Morgan fingerprint density at radius 2 is 2.04 bits per heavy atom. The number of carbonyl (C=O) groups is 1. The van der Waals surface area contributed by atoms with E-state index in [-0.39, 0.29) is 18.8 Å². The van der Waals surface area contributed by atoms with Crippen LogP contribution < -0.4 is 0 Å². The fraction of sp³-hybridized carbons (Fsp3) is 0.278. The van der Waals surface area contributed by atoms with E-state index in [1.54, 1.807) is 29.1 Å². The Morgan fingerprint density at radius 3 is 2.68 bits per heavy atom. The van der Waals surface area contributed by atoms with E-state index >= 15 is 0 Å². The molecule has 2 aromatic heterocycles. The number of benzene rings is 1. The van der Waals surface area contributed by atoms with Crippen molar-refractivity contribution < 1.29 is 14.3 Å². The van der Waals surface area contributed by atoms with Crippen molar-refractivity contribution in [3.8, 4) is 17.3 Å². The molecule has 25 heavy (non-hydrogen) atoms. The van der Waals surface area contributed by atoms with Crippen LogP contribution in [0.2, 0.25) is 5.02 Å². The van der Waals surface area contributed by atoms with Crippen LogP contribution in [0.25, 0.3) is 17.3 Å². The summed E-state index contributed by atoms with van der Waals surface area (Å²) in [5, 5.41) is 9.61. The van der Waals surface area contributed by atoms with Crippen molar-refractivity contribution in [3.63, 3.8) is 0 Å². The molecule has 0 amide bonds. The molecule has 1 N–H and O–H groups in total. The fourth-order valence-electron chi connectivity index (χ4n) is 2.57. The van der Waals surface area contributed by atoms with Crippen LogP contribution in [0, 0.1) is 0 Å². The number of nitrogens with zero attached hydrogens (tertiary/aromatic N) is 3. The second-order valence-electron chi connectivity index (χ2n) is 5.98. The standard InChI is InChI=1S/C18H18ClN3O3/c1-11(2)17-20-9-10-22(17)18-21-16(12-3-5-13(19)6-4-12)14(25-18)7-8-15(23)24/h3-6,9-11H,7-8H2,1-2H3,(H,23,24). The maximum atomic E-state index is 10.9. The van der Waals surface area contributed by atoms with Crippen molar-refractivity contribution in [1.82, 2.24) is 14.5 Å². The van der Waals surface area contributed by atoms with Gasteiger partial charge in [-0.05, 0) is 12.1 Å². The molecular formula is C18H18ClN3O3. The molecule has 0 aliphatic heterocycles. The average Bonchev–Trinajstić information content (AvgIpc) is 3.20. The molecular weight excluding hydrogens is 342 g/mol. The van der Waals surface area contributed by atoms with Gasteiger partial charge in [-0.15, -0.1) is 0 Å². The molecule has 130 valence electrons. The van der Waals surface area contributed by atoms with Crippen molar-refractivity contribution in [2.24, 2.45) is 0 Å². The number of aliphatic carboxylic acids is 1. The first-order valence-corrected chi connectivity index (χ1v) is 8.34. The fourth-order valence-corrected chi connectivity index (χ4v) is 2.70. The molecule has 0 saturated carbocycles. The number of carboxylic acid groups (broad SMARTS) is 1. The van der Waals surface area contributed by atoms with Crippen LogP contribution in [0.15, 0.2) is 41.1 Å². The van der Waals surface area contributed by atoms with Crippen molar-refractivity contribution >= 4 is 17.6 Å². The zero-order valence-corrected chi connectivity index (χ0v) is 14.7. The first kappa shape index (κ1) is 17.2. The molecule has 3 aromatic rings. The van der Waals surface area contributed by atoms with Gasteiger partial charge in [0.25, 0.3) is 0 Å². The van der Waals surface area contributed by atoms with Crippen molar-refractivity contribution in [1.29, 1.82) is 0 Å². The number of rotatable bonds is 6. The number of hydrogen-bond donors (Lipinski definition) is 1. The highest BCUT2D eigenvalue weighted by Crippen LogP contribution is 2.29. The predicted octanol–water partition coefficient (Wildman–Crippen LogP) is 4.32. The summed E-state index contributed by atoms with van der Waals surface area (Å²) in [7, 11) is 0. The predicted molar refractivity (Wildman–Crippen MR) is 94.1 cm³/mol. The summed E-state index contributed by atoms with van der Waals surface area (Å²) in [6, 6.07) is 7.59. The number of imidazole rings is 1. The SMILES string of the molecule is CC(C)c1nccn1-c1nc(-c2ccc(Cl)cc2)c(CCC(=O)O)o1. The second kappa shape index (κ2) is 7.11. The van der Waals surface area contributed by atoms with Gasteiger partial charge in [-0.3, -0.25) is 9.36 Å². The lowest BCUT2D eigenvalue weighted by Crippen LogP contribution is -2.02. The van der Waals surface area contributed by atoms with E-state index in [4.69, 9.17) is 21.1 Å². The van der Waals surface area contributed by atoms with E-state index < -0.39 is 5.97 Å². The summed E-state index contributed by atoms with van der Waals surface area (Å²) < 4.78 is 7.69. The van der Waals surface area contributed by atoms with Gasteiger partial charge in [0.1, 0.15) is 17.3 Å². The third kappa shape index (κ3) is 3.74. The van der Waals surface area contributed by atoms with Gasteiger partial charge in [0.2, 0.25) is 0 Å². The maximum Gasteiger partial charge on any atom is 0.307 e. The van der Waals surface area contributed by atoms with Gasteiger partial charge in [-0.2, -0.15) is 4.98 Å². The van der Waals surface area contributed by atoms with Gasteiger partial charge >= 0.3 is 12.0 Å². The molecule has 3 rings (SSSR count). The summed E-state index contributed by atoms with van der Waals surface area (Å²) in [5.74, 6) is 0.672. The number of halogens is 1. The van der Waals surface area contributed by atoms with Crippen LogP contribution >= 0.6 is 11.6 Å². The molecule has 0 atom stereocenters. The third-order valence-electron chi connectivity index (χ3n) is 3.76. The number of aromatic nitrogens is 3. The van der Waals surface area contributed by atoms with E-state index in [1.807, 2.05) is 26.0 Å². The highest BCUT2D eigenvalue weighted by atomic mass is 35.5. The van der Waals surface area contributed by atoms with E-state index in [9.17, 15) is 4.79 Å². The quantitative estimate of drug-likeness (QED) is 0.708. The molecule has 0 aliphatic rings. The highest BCUT2D eigenvalue weighted by Gasteiger charge is 2.19. The second-order valence-corrected chi connectivity index (χ2v) is 6.42. The number of hydrogen-bond acceptors (Lipinski definition) is 4. The molecule has 0 unspecified atom stereocenters. The van der Waals surface area contributed by atoms with Gasteiger partial charge in [0, 0.05) is 35.3 Å². The normalized spacial score (nSPS) is 11.2. The Morgan fingerprint density at radius 1 is 1.32 bits per heavy atom. The summed E-state index contributed by atoms with van der Waals surface area (Å²) in [6.07, 6.45) is 3.70. The minimum absolute atomic E-state index is 0.0316. The van der Waals surface area contributed by atoms with Crippen LogP contribution in [0.5, 0.6) is 0 Å². The molecule has 1 aromatic carbocycles. The Balaban J connectivity index is 2.06. The highest BCUT2D eigenvalue weighted by molar-refractivity contribution is 6.30. The monoisotopic (exact) mass is 359 g/mol.